The lowest BCUT2D eigenvalue weighted by atomic mass is 9.89. The number of hydrogen-bond acceptors (Lipinski definition) is 1. The van der Waals surface area contributed by atoms with Crippen molar-refractivity contribution >= 4 is 0 Å². The van der Waals surface area contributed by atoms with E-state index in [4.69, 9.17) is 4.98 Å². The van der Waals surface area contributed by atoms with Gasteiger partial charge in [-0.3, -0.25) is 0 Å². The van der Waals surface area contributed by atoms with E-state index in [9.17, 15) is 0 Å². The van der Waals surface area contributed by atoms with Crippen LogP contribution in [0.4, 0.5) is 0 Å². The fourth-order valence-electron chi connectivity index (χ4n) is 1.91. The van der Waals surface area contributed by atoms with Crippen molar-refractivity contribution in [1.29, 1.82) is 0 Å². The molecule has 0 radical (unpaired) electrons. The summed E-state index contributed by atoms with van der Waals surface area (Å²) in [6.07, 6.45) is 2.27. The van der Waals surface area contributed by atoms with Gasteiger partial charge in [0.1, 0.15) is 5.82 Å². The molecule has 1 unspecified atom stereocenters. The second-order valence-corrected chi connectivity index (χ2v) is 6.09. The molecule has 1 aromatic rings. The van der Waals surface area contributed by atoms with Crippen LogP contribution in [0.1, 0.15) is 90.4 Å². The molecule has 1 aromatic heterocycles. The highest BCUT2D eigenvalue weighted by Gasteiger charge is 2.26. The van der Waals surface area contributed by atoms with Crippen LogP contribution in [0, 0.1) is 0 Å². The summed E-state index contributed by atoms with van der Waals surface area (Å²) in [7, 11) is 0. The maximum Gasteiger partial charge on any atom is 0.112 e. The van der Waals surface area contributed by atoms with Gasteiger partial charge in [0, 0.05) is 11.1 Å². The Morgan fingerprint density at radius 2 is 1.76 bits per heavy atom. The number of imidazole rings is 1. The molecule has 1 heterocycles. The number of H-pyrrole nitrogens is 1. The van der Waals surface area contributed by atoms with E-state index in [1.54, 1.807) is 0 Å². The van der Waals surface area contributed by atoms with E-state index in [1.807, 2.05) is 0 Å². The van der Waals surface area contributed by atoms with Crippen molar-refractivity contribution in [2.75, 3.05) is 0 Å². The van der Waals surface area contributed by atoms with Gasteiger partial charge in [0.25, 0.3) is 0 Å². The fourth-order valence-corrected chi connectivity index (χ4v) is 1.91. The third-order valence-corrected chi connectivity index (χ3v) is 3.94. The first-order valence-corrected chi connectivity index (χ1v) is 6.93. The Morgan fingerprint density at radius 3 is 2.18 bits per heavy atom. The highest BCUT2D eigenvalue weighted by molar-refractivity contribution is 5.24. The predicted molar refractivity (Wildman–Crippen MR) is 74.7 cm³/mol. The third kappa shape index (κ3) is 2.91. The number of rotatable bonds is 5. The van der Waals surface area contributed by atoms with Crippen LogP contribution in [0.2, 0.25) is 0 Å². The molecule has 0 fully saturated rings. The molecule has 0 aromatic carbocycles. The number of aromatic nitrogens is 2. The Morgan fingerprint density at radius 1 is 1.18 bits per heavy atom. The molecule has 0 spiro atoms. The minimum absolute atomic E-state index is 0.148. The third-order valence-electron chi connectivity index (χ3n) is 3.94. The average molecular weight is 236 g/mol. The van der Waals surface area contributed by atoms with Gasteiger partial charge >= 0.3 is 0 Å². The minimum atomic E-state index is 0.148. The van der Waals surface area contributed by atoms with Gasteiger partial charge < -0.3 is 4.98 Å². The van der Waals surface area contributed by atoms with Gasteiger partial charge in [-0.1, -0.05) is 48.5 Å². The summed E-state index contributed by atoms with van der Waals surface area (Å²) in [6, 6.07) is 0. The Kier molecular flexibility index (Phi) is 4.40. The SMILES string of the molecule is CCC(C)c1[nH]c(C(C)(C)CC)nc1C(C)C. The van der Waals surface area contributed by atoms with Crippen LogP contribution < -0.4 is 0 Å². The molecule has 0 bridgehead atoms. The van der Waals surface area contributed by atoms with E-state index in [1.165, 1.54) is 11.4 Å². The zero-order valence-corrected chi connectivity index (χ0v) is 12.5. The van der Waals surface area contributed by atoms with Crippen LogP contribution in [0.15, 0.2) is 0 Å². The van der Waals surface area contributed by atoms with E-state index >= 15 is 0 Å². The maximum absolute atomic E-state index is 4.87. The highest BCUT2D eigenvalue weighted by atomic mass is 15.0. The van der Waals surface area contributed by atoms with E-state index in [0.29, 0.717) is 11.8 Å². The largest absolute Gasteiger partial charge is 0.345 e. The number of nitrogens with one attached hydrogen (secondary N) is 1. The van der Waals surface area contributed by atoms with Crippen LogP contribution in [-0.4, -0.2) is 9.97 Å². The van der Waals surface area contributed by atoms with Gasteiger partial charge in [0.2, 0.25) is 0 Å². The average Bonchev–Trinajstić information content (AvgIpc) is 2.73. The second-order valence-electron chi connectivity index (χ2n) is 6.09. The lowest BCUT2D eigenvalue weighted by Crippen LogP contribution is -2.17. The highest BCUT2D eigenvalue weighted by Crippen LogP contribution is 2.31. The van der Waals surface area contributed by atoms with Gasteiger partial charge in [-0.2, -0.15) is 0 Å². The molecule has 1 atom stereocenters. The quantitative estimate of drug-likeness (QED) is 0.786. The zero-order chi connectivity index (χ0) is 13.2. The van der Waals surface area contributed by atoms with Gasteiger partial charge in [0.05, 0.1) is 5.69 Å². The Bertz CT molecular complexity index is 361. The van der Waals surface area contributed by atoms with Gasteiger partial charge in [-0.05, 0) is 24.7 Å². The second kappa shape index (κ2) is 5.24. The zero-order valence-electron chi connectivity index (χ0n) is 12.5. The molecule has 0 saturated heterocycles. The first kappa shape index (κ1) is 14.3. The predicted octanol–water partition coefficient (Wildman–Crippen LogP) is 4.73. The number of aromatic amines is 1. The van der Waals surface area contributed by atoms with Crippen molar-refractivity contribution in [1.82, 2.24) is 9.97 Å². The van der Waals surface area contributed by atoms with E-state index in [0.717, 1.165) is 18.7 Å². The summed E-state index contributed by atoms with van der Waals surface area (Å²) in [4.78, 5) is 8.46. The van der Waals surface area contributed by atoms with E-state index in [2.05, 4.69) is 53.5 Å². The van der Waals surface area contributed by atoms with Crippen molar-refractivity contribution in [2.45, 2.75) is 78.6 Å². The molecule has 0 saturated carbocycles. The molecular weight excluding hydrogens is 208 g/mol. The van der Waals surface area contributed by atoms with Crippen molar-refractivity contribution in [3.05, 3.63) is 17.2 Å². The summed E-state index contributed by atoms with van der Waals surface area (Å²) >= 11 is 0. The van der Waals surface area contributed by atoms with Gasteiger partial charge in [-0.25, -0.2) is 4.98 Å². The lowest BCUT2D eigenvalue weighted by Gasteiger charge is -2.19. The molecule has 1 rings (SSSR count). The first-order valence-electron chi connectivity index (χ1n) is 6.93. The molecular formula is C15H28N2. The molecule has 0 aliphatic heterocycles. The van der Waals surface area contributed by atoms with E-state index < -0.39 is 0 Å². The van der Waals surface area contributed by atoms with E-state index in [-0.39, 0.29) is 5.41 Å². The summed E-state index contributed by atoms with van der Waals surface area (Å²) in [5.41, 5.74) is 2.75. The first-order chi connectivity index (χ1) is 7.83. The summed E-state index contributed by atoms with van der Waals surface area (Å²) in [5.74, 6) is 2.22. The van der Waals surface area contributed by atoms with Crippen LogP contribution in [0.25, 0.3) is 0 Å². The summed E-state index contributed by atoms with van der Waals surface area (Å²) < 4.78 is 0. The van der Waals surface area contributed by atoms with Crippen LogP contribution >= 0.6 is 0 Å². The fraction of sp³-hybridized carbons (Fsp3) is 0.800. The molecule has 0 aliphatic rings. The van der Waals surface area contributed by atoms with Crippen molar-refractivity contribution < 1.29 is 0 Å². The Labute approximate surface area is 106 Å². The van der Waals surface area contributed by atoms with Crippen LogP contribution in [0.5, 0.6) is 0 Å². The summed E-state index contributed by atoms with van der Waals surface area (Å²) in [6.45, 7) is 15.7. The monoisotopic (exact) mass is 236 g/mol. The normalized spacial score (nSPS) is 14.4. The molecule has 17 heavy (non-hydrogen) atoms. The smallest absolute Gasteiger partial charge is 0.112 e. The lowest BCUT2D eigenvalue weighted by molar-refractivity contribution is 0.475. The molecule has 2 nitrogen and oxygen atoms in total. The number of nitrogens with zero attached hydrogens (tertiary/aromatic N) is 1. The van der Waals surface area contributed by atoms with Gasteiger partial charge in [-0.15, -0.1) is 0 Å². The van der Waals surface area contributed by atoms with Crippen LogP contribution in [0.3, 0.4) is 0 Å². The molecule has 2 heteroatoms. The van der Waals surface area contributed by atoms with Crippen molar-refractivity contribution in [3.8, 4) is 0 Å². The number of hydrogen-bond donors (Lipinski definition) is 1. The Hall–Kier alpha value is -0.790. The van der Waals surface area contributed by atoms with Crippen molar-refractivity contribution in [2.24, 2.45) is 0 Å². The molecule has 0 amide bonds. The Balaban J connectivity index is 3.21. The standard InChI is InChI=1S/C15H28N2/c1-8-11(5)13-12(10(3)4)16-14(17-13)15(6,7)9-2/h10-11H,8-9H2,1-7H3,(H,16,17). The van der Waals surface area contributed by atoms with Crippen molar-refractivity contribution in [3.63, 3.8) is 0 Å². The van der Waals surface area contributed by atoms with Gasteiger partial charge in [0.15, 0.2) is 0 Å². The molecule has 1 N–H and O–H groups in total. The topological polar surface area (TPSA) is 28.7 Å². The molecule has 98 valence electrons. The maximum atomic E-state index is 4.87. The minimum Gasteiger partial charge on any atom is -0.345 e. The van der Waals surface area contributed by atoms with Crippen LogP contribution in [-0.2, 0) is 5.41 Å². The summed E-state index contributed by atoms with van der Waals surface area (Å²) in [5, 5.41) is 0. The molecule has 0 aliphatic carbocycles.